The second kappa shape index (κ2) is 4.47. The van der Waals surface area contributed by atoms with Crippen LogP contribution in [0.4, 0.5) is 0 Å². The van der Waals surface area contributed by atoms with Crippen LogP contribution >= 0.6 is 0 Å². The van der Waals surface area contributed by atoms with Gasteiger partial charge in [0.05, 0.1) is 0 Å². The van der Waals surface area contributed by atoms with E-state index in [0.717, 1.165) is 0 Å². The minimum absolute atomic E-state index is 1.34. The fourth-order valence-corrected chi connectivity index (χ4v) is 5.40. The third kappa shape index (κ3) is 1.48. The van der Waals surface area contributed by atoms with Crippen LogP contribution in [0.15, 0.2) is 78.9 Å². The molecule has 27 heavy (non-hydrogen) atoms. The molecule has 0 N–H and O–H groups in total. The predicted molar refractivity (Wildman–Crippen MR) is 119 cm³/mol. The number of hydrogen-bond donors (Lipinski definition) is 0. The van der Waals surface area contributed by atoms with Crippen LogP contribution in [0.1, 0.15) is 5.56 Å². The summed E-state index contributed by atoms with van der Waals surface area (Å²) in [5, 5.41) is 16.7. The molecule has 0 heterocycles. The lowest BCUT2D eigenvalue weighted by Gasteiger charge is -2.03. The Morgan fingerprint density at radius 1 is 0.407 bits per heavy atom. The topological polar surface area (TPSA) is 0 Å². The van der Waals surface area contributed by atoms with Crippen LogP contribution in [-0.2, 0) is 0 Å². The number of rotatable bonds is 0. The standard InChI is InChI=1S/C27H16/c1-15-12-13-16-6-4-11-21-24(16)23(15)22-14-17-7-5-10-19-18-8-2-3-9-20(18)27(25(17)19)26(21)22/h2-14H,1H3. The predicted octanol–water partition coefficient (Wildman–Crippen LogP) is 7.79. The van der Waals surface area contributed by atoms with Gasteiger partial charge in [-0.25, -0.2) is 0 Å². The largest absolute Gasteiger partial charge is 0.0616 e. The first-order chi connectivity index (χ1) is 13.3. The fourth-order valence-electron chi connectivity index (χ4n) is 5.40. The van der Waals surface area contributed by atoms with Gasteiger partial charge in [-0.1, -0.05) is 72.8 Å². The van der Waals surface area contributed by atoms with Gasteiger partial charge in [0, 0.05) is 0 Å². The molecule has 0 aromatic heterocycles. The molecule has 7 aromatic rings. The van der Waals surface area contributed by atoms with Crippen molar-refractivity contribution in [2.45, 2.75) is 6.92 Å². The zero-order valence-electron chi connectivity index (χ0n) is 15.0. The van der Waals surface area contributed by atoms with Crippen molar-refractivity contribution in [1.29, 1.82) is 0 Å². The second-order valence-electron chi connectivity index (χ2n) is 7.78. The van der Waals surface area contributed by atoms with Gasteiger partial charge >= 0.3 is 0 Å². The van der Waals surface area contributed by atoms with Gasteiger partial charge in [0.1, 0.15) is 0 Å². The Morgan fingerprint density at radius 3 is 1.96 bits per heavy atom. The molecule has 0 saturated carbocycles. The zero-order chi connectivity index (χ0) is 17.7. The van der Waals surface area contributed by atoms with Crippen LogP contribution < -0.4 is 0 Å². The van der Waals surface area contributed by atoms with E-state index in [4.69, 9.17) is 0 Å². The maximum Gasteiger partial charge on any atom is -0.000785 e. The highest BCUT2D eigenvalue weighted by atomic mass is 14.2. The summed E-state index contributed by atoms with van der Waals surface area (Å²) >= 11 is 0. The third-order valence-electron chi connectivity index (χ3n) is 6.45. The number of hydrogen-bond acceptors (Lipinski definition) is 0. The average molecular weight is 340 g/mol. The van der Waals surface area contributed by atoms with Crippen molar-refractivity contribution >= 4 is 64.6 Å². The molecule has 0 saturated heterocycles. The van der Waals surface area contributed by atoms with Crippen LogP contribution in [0.5, 0.6) is 0 Å². The van der Waals surface area contributed by atoms with Gasteiger partial charge in [0.2, 0.25) is 0 Å². The second-order valence-corrected chi connectivity index (χ2v) is 7.78. The summed E-state index contributed by atoms with van der Waals surface area (Å²) in [7, 11) is 0. The maximum atomic E-state index is 2.42. The minimum atomic E-state index is 1.34. The van der Waals surface area contributed by atoms with Crippen LogP contribution in [0.2, 0.25) is 0 Å². The Morgan fingerprint density at radius 2 is 1.07 bits per heavy atom. The zero-order valence-corrected chi connectivity index (χ0v) is 15.0. The van der Waals surface area contributed by atoms with E-state index in [1.807, 2.05) is 0 Å². The Hall–Kier alpha value is -3.38. The molecule has 0 aliphatic heterocycles. The first-order valence-electron chi connectivity index (χ1n) is 9.55. The van der Waals surface area contributed by atoms with Gasteiger partial charge in [-0.05, 0) is 83.2 Å². The summed E-state index contributed by atoms with van der Waals surface area (Å²) in [6, 6.07) is 29.3. The Bertz CT molecular complexity index is 1670. The van der Waals surface area contributed by atoms with Crippen LogP contribution in [0, 0.1) is 6.92 Å². The van der Waals surface area contributed by atoms with Crippen molar-refractivity contribution in [3.63, 3.8) is 0 Å². The van der Waals surface area contributed by atoms with Gasteiger partial charge < -0.3 is 0 Å². The summed E-state index contributed by atoms with van der Waals surface area (Å²) in [5.41, 5.74) is 1.36. The lowest BCUT2D eigenvalue weighted by Crippen LogP contribution is -1.77. The van der Waals surface area contributed by atoms with Crippen LogP contribution in [-0.4, -0.2) is 0 Å². The molecule has 0 fully saturated rings. The van der Waals surface area contributed by atoms with Crippen LogP contribution in [0.3, 0.4) is 0 Å². The Labute approximate surface area is 156 Å². The minimum Gasteiger partial charge on any atom is -0.0616 e. The fraction of sp³-hybridized carbons (Fsp3) is 0.0370. The summed E-state index contributed by atoms with van der Waals surface area (Å²) < 4.78 is 0. The molecule has 0 unspecified atom stereocenters. The Kier molecular flexibility index (Phi) is 2.28. The van der Waals surface area contributed by atoms with Gasteiger partial charge in [0.15, 0.2) is 0 Å². The number of fused-ring (bicyclic) bond motifs is 7. The molecule has 0 spiro atoms. The van der Waals surface area contributed by atoms with Crippen molar-refractivity contribution in [2.24, 2.45) is 0 Å². The molecule has 7 rings (SSSR count). The lowest BCUT2D eigenvalue weighted by atomic mass is 10.00. The summed E-state index contributed by atoms with van der Waals surface area (Å²) in [6.07, 6.45) is 0. The van der Waals surface area contributed by atoms with Crippen molar-refractivity contribution < 1.29 is 0 Å². The van der Waals surface area contributed by atoms with Crippen LogP contribution in [0.25, 0.3) is 64.6 Å². The van der Waals surface area contributed by atoms with E-state index in [2.05, 4.69) is 85.8 Å². The van der Waals surface area contributed by atoms with Crippen molar-refractivity contribution in [1.82, 2.24) is 0 Å². The molecule has 0 aliphatic rings. The van der Waals surface area contributed by atoms with E-state index in [0.29, 0.717) is 0 Å². The average Bonchev–Trinajstić information content (AvgIpc) is 3.21. The molecule has 7 aromatic carbocycles. The first-order valence-corrected chi connectivity index (χ1v) is 9.55. The van der Waals surface area contributed by atoms with Gasteiger partial charge in [-0.2, -0.15) is 0 Å². The third-order valence-corrected chi connectivity index (χ3v) is 6.45. The highest BCUT2D eigenvalue weighted by Crippen LogP contribution is 2.48. The highest BCUT2D eigenvalue weighted by molar-refractivity contribution is 6.45. The summed E-state index contributed by atoms with van der Waals surface area (Å²) in [4.78, 5) is 0. The molecule has 0 nitrogen and oxygen atoms in total. The monoisotopic (exact) mass is 340 g/mol. The van der Waals surface area contributed by atoms with Gasteiger partial charge in [-0.15, -0.1) is 0 Å². The molecule has 0 bridgehead atoms. The van der Waals surface area contributed by atoms with E-state index in [-0.39, 0.29) is 0 Å². The molecular formula is C27H16. The Balaban J connectivity index is 1.99. The normalized spacial score (nSPS) is 12.6. The van der Waals surface area contributed by atoms with Gasteiger partial charge in [-0.3, -0.25) is 0 Å². The summed E-state index contributed by atoms with van der Waals surface area (Å²) in [5.74, 6) is 0. The number of aryl methyl sites for hydroxylation is 1. The number of benzene rings is 5. The summed E-state index contributed by atoms with van der Waals surface area (Å²) in [6.45, 7) is 2.24. The molecule has 0 heteroatoms. The highest BCUT2D eigenvalue weighted by Gasteiger charge is 2.20. The molecule has 0 amide bonds. The van der Waals surface area contributed by atoms with Crippen molar-refractivity contribution in [2.75, 3.05) is 0 Å². The van der Waals surface area contributed by atoms with E-state index in [1.165, 1.54) is 70.2 Å². The van der Waals surface area contributed by atoms with E-state index in [1.54, 1.807) is 0 Å². The molecule has 0 aliphatic carbocycles. The van der Waals surface area contributed by atoms with Crippen molar-refractivity contribution in [3.8, 4) is 0 Å². The van der Waals surface area contributed by atoms with E-state index in [9.17, 15) is 0 Å². The molecule has 0 radical (unpaired) electrons. The first kappa shape index (κ1) is 13.8. The lowest BCUT2D eigenvalue weighted by molar-refractivity contribution is 1.56. The van der Waals surface area contributed by atoms with Gasteiger partial charge in [0.25, 0.3) is 0 Å². The smallest absolute Gasteiger partial charge is 0.000785 e. The maximum absolute atomic E-state index is 2.42. The van der Waals surface area contributed by atoms with Crippen molar-refractivity contribution in [3.05, 3.63) is 84.4 Å². The van der Waals surface area contributed by atoms with E-state index < -0.39 is 0 Å². The molecular weight excluding hydrogens is 324 g/mol. The van der Waals surface area contributed by atoms with E-state index >= 15 is 0 Å². The SMILES string of the molecule is Cc1ccc2cccc3c2c1c1cc2cccc4c5ccccc5c(c24)c13. The molecule has 124 valence electrons. The molecule has 0 atom stereocenters. The quantitative estimate of drug-likeness (QED) is 0.264.